The minimum absolute atomic E-state index is 0.00399. The lowest BCUT2D eigenvalue weighted by molar-refractivity contribution is 0.0928. The van der Waals surface area contributed by atoms with Crippen molar-refractivity contribution in [3.05, 3.63) is 76.4 Å². The lowest BCUT2D eigenvalue weighted by Gasteiger charge is -2.15. The number of oxazole rings is 1. The highest BCUT2D eigenvalue weighted by atomic mass is 16.3. The minimum Gasteiger partial charge on any atom is -0.489 e. The second kappa shape index (κ2) is 9.48. The molecule has 204 valence electrons. The predicted octanol–water partition coefficient (Wildman–Crippen LogP) is 1.81. The van der Waals surface area contributed by atoms with Gasteiger partial charge in [0, 0.05) is 25.1 Å². The van der Waals surface area contributed by atoms with E-state index in [1.165, 1.54) is 6.07 Å². The molecule has 7 rings (SSSR count). The van der Waals surface area contributed by atoms with E-state index in [4.69, 9.17) is 4.42 Å². The Balaban J connectivity index is 1.12. The highest BCUT2D eigenvalue weighted by Gasteiger charge is 2.27. The number of benzene rings is 2. The van der Waals surface area contributed by atoms with Crippen LogP contribution in [0.2, 0.25) is 0 Å². The van der Waals surface area contributed by atoms with Crippen LogP contribution in [0.5, 0.6) is 5.88 Å². The van der Waals surface area contributed by atoms with E-state index < -0.39 is 17.7 Å². The average molecular weight is 552 g/mol. The molecule has 4 heterocycles. The largest absolute Gasteiger partial charge is 0.489 e. The van der Waals surface area contributed by atoms with Gasteiger partial charge in [0.05, 0.1) is 6.04 Å². The van der Waals surface area contributed by atoms with Gasteiger partial charge in [-0.1, -0.05) is 28.5 Å². The summed E-state index contributed by atoms with van der Waals surface area (Å²) in [5, 5.41) is 37.6. The number of aromatic amines is 1. The van der Waals surface area contributed by atoms with Crippen LogP contribution in [0, 0.1) is 6.92 Å². The molecule has 4 aromatic heterocycles. The Morgan fingerprint density at radius 2 is 2.02 bits per heavy atom. The molecule has 0 fully saturated rings. The van der Waals surface area contributed by atoms with Crippen LogP contribution >= 0.6 is 0 Å². The van der Waals surface area contributed by atoms with E-state index in [1.807, 2.05) is 30.3 Å². The predicted molar refractivity (Wildman–Crippen MR) is 141 cm³/mol. The summed E-state index contributed by atoms with van der Waals surface area (Å²) in [4.78, 5) is 35.1. The van der Waals surface area contributed by atoms with Gasteiger partial charge < -0.3 is 20.2 Å². The van der Waals surface area contributed by atoms with E-state index in [2.05, 4.69) is 51.5 Å². The third kappa shape index (κ3) is 4.38. The van der Waals surface area contributed by atoms with E-state index >= 15 is 0 Å². The number of nitrogens with zero attached hydrogens (tertiary/aromatic N) is 8. The molecule has 0 spiro atoms. The van der Waals surface area contributed by atoms with E-state index in [1.54, 1.807) is 13.0 Å². The Hall–Kier alpha value is -5.73. The summed E-state index contributed by atoms with van der Waals surface area (Å²) in [5.74, 6) is -0.499. The maximum absolute atomic E-state index is 13.5. The number of carbonyl (C=O) groups excluding carboxylic acids is 2. The number of hydrogen-bond donors (Lipinski definition) is 4. The average Bonchev–Trinajstić information content (AvgIpc) is 3.78. The molecular weight excluding hydrogens is 530 g/mol. The molecule has 15 heteroatoms. The fourth-order valence-electron chi connectivity index (χ4n) is 5.04. The number of hydrogen-bond acceptors (Lipinski definition) is 11. The summed E-state index contributed by atoms with van der Waals surface area (Å²) >= 11 is 0. The number of H-pyrrole nitrogens is 1. The standard InChI is InChI=1S/C26H21N11O4/c1-12-28-18-8-13(2-7-21(18)41-12)11-27-24(38)19-10-20(37-23(29-19)26(40)33-36-37)25(39)30-17-6-4-14-9-15(3-5-16(14)17)22-31-34-35-32-22/h2-3,5,7-10,17,40H,4,6,11H2,1H3,(H,27,38)(H,30,39)(H,31,32,34,35)/t17-/m0/s1. The van der Waals surface area contributed by atoms with Crippen molar-refractivity contribution in [2.24, 2.45) is 0 Å². The lowest BCUT2D eigenvalue weighted by Crippen LogP contribution is -2.30. The molecule has 1 aliphatic carbocycles. The number of aromatic hydroxyl groups is 1. The fourth-order valence-corrected chi connectivity index (χ4v) is 5.04. The number of aryl methyl sites for hydroxylation is 2. The number of fused-ring (bicyclic) bond motifs is 3. The number of aromatic nitrogens is 9. The molecule has 4 N–H and O–H groups in total. The van der Waals surface area contributed by atoms with E-state index in [9.17, 15) is 14.7 Å². The summed E-state index contributed by atoms with van der Waals surface area (Å²) in [7, 11) is 0. The summed E-state index contributed by atoms with van der Waals surface area (Å²) in [6, 6.07) is 12.3. The van der Waals surface area contributed by atoms with Gasteiger partial charge in [-0.3, -0.25) is 9.59 Å². The number of tetrazole rings is 1. The minimum atomic E-state index is -0.543. The Labute approximate surface area is 230 Å². The Morgan fingerprint density at radius 3 is 2.88 bits per heavy atom. The zero-order valence-electron chi connectivity index (χ0n) is 21.5. The van der Waals surface area contributed by atoms with Gasteiger partial charge in [0.1, 0.15) is 16.9 Å². The van der Waals surface area contributed by atoms with Crippen LogP contribution < -0.4 is 10.6 Å². The molecule has 41 heavy (non-hydrogen) atoms. The first-order chi connectivity index (χ1) is 19.9. The molecule has 0 aliphatic heterocycles. The van der Waals surface area contributed by atoms with Crippen molar-refractivity contribution in [2.45, 2.75) is 32.4 Å². The van der Waals surface area contributed by atoms with Gasteiger partial charge in [-0.25, -0.2) is 9.97 Å². The summed E-state index contributed by atoms with van der Waals surface area (Å²) in [6.45, 7) is 1.94. The highest BCUT2D eigenvalue weighted by Crippen LogP contribution is 2.33. The molecule has 6 aromatic rings. The van der Waals surface area contributed by atoms with Crippen LogP contribution in [0.4, 0.5) is 0 Å². The molecule has 0 saturated carbocycles. The zero-order chi connectivity index (χ0) is 28.1. The van der Waals surface area contributed by atoms with Crippen LogP contribution in [-0.4, -0.2) is 62.3 Å². The van der Waals surface area contributed by atoms with Crippen LogP contribution in [-0.2, 0) is 13.0 Å². The number of nitrogens with one attached hydrogen (secondary N) is 3. The van der Waals surface area contributed by atoms with Crippen LogP contribution in [0.15, 0.2) is 46.9 Å². The van der Waals surface area contributed by atoms with Crippen molar-refractivity contribution in [3.8, 4) is 17.3 Å². The first kappa shape index (κ1) is 24.3. The fraction of sp³-hybridized carbons (Fsp3) is 0.192. The molecule has 2 amide bonds. The van der Waals surface area contributed by atoms with E-state index in [0.717, 1.165) is 33.2 Å². The normalized spacial score (nSPS) is 14.4. The SMILES string of the molecule is Cc1nc2cc(CNC(=O)c3cc(C(=O)N[C@H]4CCc5cc(-c6nn[nH]n6)ccc54)n4nnc(O)c4n3)ccc2o1. The van der Waals surface area contributed by atoms with Crippen molar-refractivity contribution in [1.29, 1.82) is 0 Å². The number of amides is 2. The van der Waals surface area contributed by atoms with E-state index in [-0.39, 0.29) is 29.6 Å². The van der Waals surface area contributed by atoms with Gasteiger partial charge >= 0.3 is 0 Å². The van der Waals surface area contributed by atoms with Gasteiger partial charge in [0.25, 0.3) is 17.7 Å². The quantitative estimate of drug-likeness (QED) is 0.235. The molecule has 15 nitrogen and oxygen atoms in total. The Morgan fingerprint density at radius 1 is 1.12 bits per heavy atom. The van der Waals surface area contributed by atoms with Crippen molar-refractivity contribution >= 4 is 28.6 Å². The molecule has 0 radical (unpaired) electrons. The molecule has 1 atom stereocenters. The summed E-state index contributed by atoms with van der Waals surface area (Å²) in [5.41, 5.74) is 4.81. The third-order valence-electron chi connectivity index (χ3n) is 6.96. The molecular formula is C26H21N11O4. The van der Waals surface area contributed by atoms with Crippen molar-refractivity contribution in [2.75, 3.05) is 0 Å². The monoisotopic (exact) mass is 551 g/mol. The Kier molecular flexibility index (Phi) is 5.62. The van der Waals surface area contributed by atoms with E-state index in [0.29, 0.717) is 29.2 Å². The van der Waals surface area contributed by atoms with Gasteiger partial charge in [-0.2, -0.15) is 9.73 Å². The number of rotatable bonds is 6. The van der Waals surface area contributed by atoms with Crippen molar-refractivity contribution < 1.29 is 19.1 Å². The van der Waals surface area contributed by atoms with Crippen LogP contribution in [0.3, 0.4) is 0 Å². The van der Waals surface area contributed by atoms with Crippen molar-refractivity contribution in [1.82, 2.24) is 56.1 Å². The van der Waals surface area contributed by atoms with Crippen LogP contribution in [0.1, 0.15) is 56.0 Å². The maximum Gasteiger partial charge on any atom is 0.278 e. The van der Waals surface area contributed by atoms with Gasteiger partial charge in [0.2, 0.25) is 11.5 Å². The lowest BCUT2D eigenvalue weighted by atomic mass is 10.0. The number of carbonyl (C=O) groups is 2. The topological polar surface area (TPSA) is 202 Å². The van der Waals surface area contributed by atoms with Crippen molar-refractivity contribution in [3.63, 3.8) is 0 Å². The van der Waals surface area contributed by atoms with Crippen LogP contribution in [0.25, 0.3) is 28.1 Å². The second-order valence-electron chi connectivity index (χ2n) is 9.61. The summed E-state index contributed by atoms with van der Waals surface area (Å²) < 4.78 is 6.60. The maximum atomic E-state index is 13.5. The molecule has 1 aliphatic rings. The highest BCUT2D eigenvalue weighted by molar-refractivity contribution is 5.98. The van der Waals surface area contributed by atoms with Gasteiger partial charge in [-0.05, 0) is 52.9 Å². The molecule has 0 bridgehead atoms. The van der Waals surface area contributed by atoms with Gasteiger partial charge in [0.15, 0.2) is 11.5 Å². The Bertz CT molecular complexity index is 1960. The molecule has 0 unspecified atom stereocenters. The zero-order valence-corrected chi connectivity index (χ0v) is 21.5. The molecule has 0 saturated heterocycles. The molecule has 2 aromatic carbocycles. The summed E-state index contributed by atoms with van der Waals surface area (Å²) in [6.07, 6.45) is 1.42. The second-order valence-corrected chi connectivity index (χ2v) is 9.61. The smallest absolute Gasteiger partial charge is 0.278 e. The first-order valence-electron chi connectivity index (χ1n) is 12.7. The first-order valence-corrected chi connectivity index (χ1v) is 12.7. The van der Waals surface area contributed by atoms with Gasteiger partial charge in [-0.15, -0.1) is 10.2 Å². The third-order valence-corrected chi connectivity index (χ3v) is 6.96.